The minimum Gasteiger partial charge on any atom is -0.344 e. The molecule has 0 unspecified atom stereocenters. The molecule has 0 aliphatic heterocycles. The molecule has 0 radical (unpaired) electrons. The van der Waals surface area contributed by atoms with E-state index >= 15 is 0 Å². The minimum atomic E-state index is 0.582. The van der Waals surface area contributed by atoms with Gasteiger partial charge in [0.1, 0.15) is 0 Å². The number of unbranched alkanes of at least 4 members (excludes halogenated alkanes) is 1. The first kappa shape index (κ1) is 11.2. The summed E-state index contributed by atoms with van der Waals surface area (Å²) >= 11 is 0. The van der Waals surface area contributed by atoms with Gasteiger partial charge in [0, 0.05) is 30.0 Å². The molecule has 16 heavy (non-hydrogen) atoms. The van der Waals surface area contributed by atoms with Gasteiger partial charge in [-0.15, -0.1) is 0 Å². The molecule has 0 saturated carbocycles. The van der Waals surface area contributed by atoms with Crippen molar-refractivity contribution in [2.75, 3.05) is 0 Å². The van der Waals surface area contributed by atoms with E-state index in [4.69, 9.17) is 0 Å². The zero-order chi connectivity index (χ0) is 11.5. The number of hydrogen-bond acceptors (Lipinski definition) is 1. The topological polar surface area (TPSA) is 17.8 Å². The fourth-order valence-electron chi connectivity index (χ4n) is 2.27. The molecule has 0 bridgehead atoms. The van der Waals surface area contributed by atoms with Gasteiger partial charge < -0.3 is 4.57 Å². The summed E-state index contributed by atoms with van der Waals surface area (Å²) < 4.78 is 2.39. The Morgan fingerprint density at radius 1 is 1.44 bits per heavy atom. The van der Waals surface area contributed by atoms with Crippen LogP contribution in [0.4, 0.5) is 0 Å². The van der Waals surface area contributed by atoms with E-state index in [2.05, 4.69) is 42.6 Å². The Morgan fingerprint density at radius 3 is 3.00 bits per heavy atom. The molecule has 0 spiro atoms. The highest BCUT2D eigenvalue weighted by Crippen LogP contribution is 2.25. The first-order valence-electron chi connectivity index (χ1n) is 6.15. The quantitative estimate of drug-likeness (QED) is 0.752. The van der Waals surface area contributed by atoms with Crippen molar-refractivity contribution >= 4 is 10.9 Å². The molecule has 0 N–H and O–H groups in total. The van der Waals surface area contributed by atoms with Crippen LogP contribution in [0.1, 0.15) is 44.7 Å². The van der Waals surface area contributed by atoms with Gasteiger partial charge in [-0.25, -0.2) is 0 Å². The van der Waals surface area contributed by atoms with Crippen LogP contribution in [0.25, 0.3) is 10.9 Å². The maximum Gasteiger partial charge on any atom is 0.0516 e. The molecule has 2 heterocycles. The Kier molecular flexibility index (Phi) is 3.28. The van der Waals surface area contributed by atoms with E-state index in [1.165, 1.54) is 35.7 Å². The second-order valence-corrected chi connectivity index (χ2v) is 4.60. The average Bonchev–Trinajstić information content (AvgIpc) is 2.65. The fraction of sp³-hybridized carbons (Fsp3) is 0.500. The van der Waals surface area contributed by atoms with Crippen molar-refractivity contribution in [3.63, 3.8) is 0 Å². The fourth-order valence-corrected chi connectivity index (χ4v) is 2.27. The Bertz CT molecular complexity index is 471. The summed E-state index contributed by atoms with van der Waals surface area (Å²) in [6.07, 6.45) is 9.92. The standard InChI is InChI=1S/C14H20N2/c1-4-5-6-12(3)16-10-11(2)13-9-15-8-7-14(13)16/h7-10,12H,4-6H2,1-3H3/t12-/m1/s1. The van der Waals surface area contributed by atoms with Gasteiger partial charge in [-0.3, -0.25) is 4.98 Å². The minimum absolute atomic E-state index is 0.582. The summed E-state index contributed by atoms with van der Waals surface area (Å²) in [7, 11) is 0. The maximum atomic E-state index is 4.20. The van der Waals surface area contributed by atoms with Crippen LogP contribution < -0.4 is 0 Å². The third kappa shape index (κ3) is 1.97. The molecule has 0 fully saturated rings. The summed E-state index contributed by atoms with van der Waals surface area (Å²) in [6, 6.07) is 2.70. The molecule has 2 aromatic rings. The largest absolute Gasteiger partial charge is 0.344 e. The van der Waals surface area contributed by atoms with Crippen molar-refractivity contribution in [2.45, 2.75) is 46.1 Å². The second-order valence-electron chi connectivity index (χ2n) is 4.60. The first-order valence-corrected chi connectivity index (χ1v) is 6.15. The highest BCUT2D eigenvalue weighted by atomic mass is 15.0. The number of rotatable bonds is 4. The molecule has 2 nitrogen and oxygen atoms in total. The molecular weight excluding hydrogens is 196 g/mol. The average molecular weight is 216 g/mol. The van der Waals surface area contributed by atoms with Crippen LogP contribution in [-0.4, -0.2) is 9.55 Å². The zero-order valence-corrected chi connectivity index (χ0v) is 10.4. The lowest BCUT2D eigenvalue weighted by Crippen LogP contribution is -2.03. The molecule has 0 aliphatic rings. The van der Waals surface area contributed by atoms with E-state index in [-0.39, 0.29) is 0 Å². The van der Waals surface area contributed by atoms with Crippen LogP contribution in [0, 0.1) is 6.92 Å². The van der Waals surface area contributed by atoms with Crippen molar-refractivity contribution in [1.29, 1.82) is 0 Å². The number of nitrogens with zero attached hydrogens (tertiary/aromatic N) is 2. The second kappa shape index (κ2) is 4.69. The van der Waals surface area contributed by atoms with E-state index in [1.807, 2.05) is 12.4 Å². The van der Waals surface area contributed by atoms with Gasteiger partial charge >= 0.3 is 0 Å². The number of hydrogen-bond donors (Lipinski definition) is 0. The number of fused-ring (bicyclic) bond motifs is 1. The molecular formula is C14H20N2. The van der Waals surface area contributed by atoms with E-state index < -0.39 is 0 Å². The molecule has 0 amide bonds. The molecule has 86 valence electrons. The molecule has 1 atom stereocenters. The molecule has 0 aliphatic carbocycles. The van der Waals surface area contributed by atoms with Crippen molar-refractivity contribution in [1.82, 2.24) is 9.55 Å². The summed E-state index contributed by atoms with van der Waals surface area (Å²) in [5.41, 5.74) is 2.64. The highest BCUT2D eigenvalue weighted by molar-refractivity contribution is 5.82. The van der Waals surface area contributed by atoms with Crippen LogP contribution in [0.3, 0.4) is 0 Å². The van der Waals surface area contributed by atoms with Crippen molar-refractivity contribution in [3.05, 3.63) is 30.2 Å². The van der Waals surface area contributed by atoms with Gasteiger partial charge in [-0.05, 0) is 31.9 Å². The van der Waals surface area contributed by atoms with Gasteiger partial charge in [0.15, 0.2) is 0 Å². The smallest absolute Gasteiger partial charge is 0.0516 e. The van der Waals surface area contributed by atoms with Crippen LogP contribution in [0.5, 0.6) is 0 Å². The Morgan fingerprint density at radius 2 is 2.25 bits per heavy atom. The monoisotopic (exact) mass is 216 g/mol. The lowest BCUT2D eigenvalue weighted by Gasteiger charge is -2.14. The maximum absolute atomic E-state index is 4.20. The van der Waals surface area contributed by atoms with Crippen LogP contribution in [0.15, 0.2) is 24.7 Å². The third-order valence-electron chi connectivity index (χ3n) is 3.28. The van der Waals surface area contributed by atoms with Crippen LogP contribution in [-0.2, 0) is 0 Å². The number of aryl methyl sites for hydroxylation is 1. The molecule has 2 rings (SSSR count). The Balaban J connectivity index is 2.37. The molecule has 0 aromatic carbocycles. The van der Waals surface area contributed by atoms with Gasteiger partial charge in [-0.1, -0.05) is 19.8 Å². The summed E-state index contributed by atoms with van der Waals surface area (Å²) in [5.74, 6) is 0. The third-order valence-corrected chi connectivity index (χ3v) is 3.28. The van der Waals surface area contributed by atoms with Crippen molar-refractivity contribution in [2.24, 2.45) is 0 Å². The first-order chi connectivity index (χ1) is 7.74. The summed E-state index contributed by atoms with van der Waals surface area (Å²) in [5, 5.41) is 1.28. The normalized spacial score (nSPS) is 13.2. The van der Waals surface area contributed by atoms with Crippen LogP contribution >= 0.6 is 0 Å². The van der Waals surface area contributed by atoms with Crippen molar-refractivity contribution < 1.29 is 0 Å². The number of pyridine rings is 1. The predicted molar refractivity (Wildman–Crippen MR) is 68.7 cm³/mol. The molecule has 2 aromatic heterocycles. The van der Waals surface area contributed by atoms with E-state index in [1.54, 1.807) is 0 Å². The van der Waals surface area contributed by atoms with Gasteiger partial charge in [0.05, 0.1) is 5.52 Å². The predicted octanol–water partition coefficient (Wildman–Crippen LogP) is 4.10. The molecule has 0 saturated heterocycles. The van der Waals surface area contributed by atoms with E-state index in [0.717, 1.165) is 0 Å². The zero-order valence-electron chi connectivity index (χ0n) is 10.4. The SMILES string of the molecule is CCCC[C@@H](C)n1cc(C)c2cnccc21. The van der Waals surface area contributed by atoms with Gasteiger partial charge in [-0.2, -0.15) is 0 Å². The molecule has 2 heteroatoms. The van der Waals surface area contributed by atoms with Gasteiger partial charge in [0.2, 0.25) is 0 Å². The summed E-state index contributed by atoms with van der Waals surface area (Å²) in [4.78, 5) is 4.20. The summed E-state index contributed by atoms with van der Waals surface area (Å²) in [6.45, 7) is 6.71. The van der Waals surface area contributed by atoms with Crippen molar-refractivity contribution in [3.8, 4) is 0 Å². The number of aromatic nitrogens is 2. The Hall–Kier alpha value is -1.31. The highest BCUT2D eigenvalue weighted by Gasteiger charge is 2.10. The van der Waals surface area contributed by atoms with Crippen LogP contribution in [0.2, 0.25) is 0 Å². The Labute approximate surface area is 97.3 Å². The van der Waals surface area contributed by atoms with E-state index in [9.17, 15) is 0 Å². The lowest BCUT2D eigenvalue weighted by molar-refractivity contribution is 0.498. The van der Waals surface area contributed by atoms with Gasteiger partial charge in [0.25, 0.3) is 0 Å². The van der Waals surface area contributed by atoms with E-state index in [0.29, 0.717) is 6.04 Å². The lowest BCUT2D eigenvalue weighted by atomic mass is 10.1.